The van der Waals surface area contributed by atoms with E-state index in [-0.39, 0.29) is 51.2 Å². The third-order valence-corrected chi connectivity index (χ3v) is 6.47. The van der Waals surface area contributed by atoms with E-state index < -0.39 is 10.1 Å². The van der Waals surface area contributed by atoms with Crippen LogP contribution in [-0.2, 0) is 10.1 Å². The largest absolute Gasteiger partial charge is 1.00 e. The summed E-state index contributed by atoms with van der Waals surface area (Å²) < 4.78 is 35.5. The maximum absolute atomic E-state index is 11.8. The quantitative estimate of drug-likeness (QED) is 0.171. The van der Waals surface area contributed by atoms with E-state index >= 15 is 0 Å². The second-order valence-electron chi connectivity index (χ2n) is 7.89. The van der Waals surface area contributed by atoms with Crippen LogP contribution in [0.4, 0.5) is 17.1 Å². The molecule has 4 aromatic carbocycles. The van der Waals surface area contributed by atoms with E-state index in [9.17, 15) is 13.0 Å². The van der Waals surface area contributed by atoms with Gasteiger partial charge in [-0.1, -0.05) is 72.8 Å². The summed E-state index contributed by atoms with van der Waals surface area (Å²) in [7, 11) is -4.74. The summed E-state index contributed by atoms with van der Waals surface area (Å²) in [6.07, 6.45) is 3.27. The Bertz CT molecular complexity index is 1690. The van der Waals surface area contributed by atoms with Gasteiger partial charge in [0.2, 0.25) is 0 Å². The van der Waals surface area contributed by atoms with Crippen LogP contribution in [0.25, 0.3) is 33.0 Å². The van der Waals surface area contributed by atoms with Gasteiger partial charge in [0.05, 0.1) is 16.8 Å². The number of pyridine rings is 1. The molecule has 1 heterocycles. The fourth-order valence-corrected chi connectivity index (χ4v) is 4.60. The minimum Gasteiger partial charge on any atom is -0.744 e. The molecule has 9 heteroatoms. The standard InChI is InChI=1S/C27H20N4O3S.Na/c28-27-24-12-5-4-11-23(24)26(35(32,33)34)15-25(27)31-30-22-14-21(16-29-17-22)20-10-6-9-19(13-20)18-7-2-1-3-8-18;/h1-17H,28H2,(H,32,33,34);/q;+1/p-1. The Morgan fingerprint density at radius 2 is 1.33 bits per heavy atom. The molecule has 0 saturated carbocycles. The molecule has 0 aliphatic rings. The Morgan fingerprint density at radius 3 is 2.06 bits per heavy atom. The molecule has 0 radical (unpaired) electrons. The number of fused-ring (bicyclic) bond motifs is 1. The number of nitrogens with two attached hydrogens (primary N) is 1. The van der Waals surface area contributed by atoms with Gasteiger partial charge in [0.25, 0.3) is 0 Å². The van der Waals surface area contributed by atoms with Gasteiger partial charge >= 0.3 is 29.6 Å². The summed E-state index contributed by atoms with van der Waals surface area (Å²) in [6, 6.07) is 27.6. The van der Waals surface area contributed by atoms with Crippen LogP contribution in [0.2, 0.25) is 0 Å². The molecule has 0 saturated heterocycles. The summed E-state index contributed by atoms with van der Waals surface area (Å²) in [5.41, 5.74) is 11.0. The fraction of sp³-hybridized carbons (Fsp3) is 0. The predicted octanol–water partition coefficient (Wildman–Crippen LogP) is 3.47. The van der Waals surface area contributed by atoms with Crippen molar-refractivity contribution in [2.75, 3.05) is 5.73 Å². The summed E-state index contributed by atoms with van der Waals surface area (Å²) in [5, 5.41) is 9.05. The second kappa shape index (κ2) is 10.7. The van der Waals surface area contributed by atoms with Crippen molar-refractivity contribution in [1.82, 2.24) is 4.98 Å². The van der Waals surface area contributed by atoms with E-state index in [1.54, 1.807) is 24.4 Å². The predicted molar refractivity (Wildman–Crippen MR) is 136 cm³/mol. The number of hydrogen-bond donors (Lipinski definition) is 1. The molecule has 0 unspecified atom stereocenters. The molecule has 0 atom stereocenters. The summed E-state index contributed by atoms with van der Waals surface area (Å²) in [6.45, 7) is 0. The van der Waals surface area contributed by atoms with E-state index in [0.717, 1.165) is 28.3 Å². The first kappa shape index (κ1) is 25.7. The number of nitrogen functional groups attached to an aromatic ring is 1. The molecule has 0 spiro atoms. The van der Waals surface area contributed by atoms with Gasteiger partial charge < -0.3 is 10.3 Å². The normalized spacial score (nSPS) is 11.5. The van der Waals surface area contributed by atoms with Crippen LogP contribution in [0.3, 0.4) is 0 Å². The molecule has 5 rings (SSSR count). The first-order valence-electron chi connectivity index (χ1n) is 10.7. The van der Waals surface area contributed by atoms with Gasteiger partial charge in [-0.15, -0.1) is 10.2 Å². The van der Waals surface area contributed by atoms with Crippen LogP contribution < -0.4 is 35.3 Å². The van der Waals surface area contributed by atoms with E-state index in [0.29, 0.717) is 11.1 Å². The summed E-state index contributed by atoms with van der Waals surface area (Å²) in [5.74, 6) is 0. The van der Waals surface area contributed by atoms with Crippen molar-refractivity contribution in [3.05, 3.63) is 103 Å². The van der Waals surface area contributed by atoms with Crippen LogP contribution in [-0.4, -0.2) is 18.0 Å². The van der Waals surface area contributed by atoms with Crippen LogP contribution >= 0.6 is 0 Å². The minimum absolute atomic E-state index is 0. The van der Waals surface area contributed by atoms with Crippen molar-refractivity contribution in [1.29, 1.82) is 0 Å². The van der Waals surface area contributed by atoms with E-state index in [1.165, 1.54) is 12.3 Å². The van der Waals surface area contributed by atoms with Gasteiger partial charge in [-0.25, -0.2) is 8.42 Å². The maximum Gasteiger partial charge on any atom is 1.00 e. The summed E-state index contributed by atoms with van der Waals surface area (Å²) >= 11 is 0. The van der Waals surface area contributed by atoms with E-state index in [4.69, 9.17) is 5.73 Å². The zero-order valence-electron chi connectivity index (χ0n) is 19.4. The first-order valence-corrected chi connectivity index (χ1v) is 12.1. The SMILES string of the molecule is Nc1c(N=Nc2cncc(-c3cccc(-c4ccccc4)c3)c2)cc(S(=O)(=O)[O-])c2ccccc12.[Na+]. The Morgan fingerprint density at radius 1 is 0.694 bits per heavy atom. The van der Waals surface area contributed by atoms with Crippen molar-refractivity contribution in [2.45, 2.75) is 4.90 Å². The zero-order valence-corrected chi connectivity index (χ0v) is 22.2. The Kier molecular flexibility index (Phi) is 7.63. The number of hydrogen-bond acceptors (Lipinski definition) is 7. The van der Waals surface area contributed by atoms with Crippen LogP contribution in [0.5, 0.6) is 0 Å². The van der Waals surface area contributed by atoms with Crippen LogP contribution in [0, 0.1) is 0 Å². The third-order valence-electron chi connectivity index (χ3n) is 5.60. The number of benzene rings is 4. The molecule has 2 N–H and O–H groups in total. The maximum atomic E-state index is 11.8. The molecular weight excluding hydrogens is 483 g/mol. The van der Waals surface area contributed by atoms with Crippen molar-refractivity contribution in [3.63, 3.8) is 0 Å². The molecule has 7 nitrogen and oxygen atoms in total. The molecule has 1 aromatic heterocycles. The van der Waals surface area contributed by atoms with E-state index in [1.807, 2.05) is 54.6 Å². The average molecular weight is 503 g/mol. The van der Waals surface area contributed by atoms with Crippen molar-refractivity contribution < 1.29 is 42.5 Å². The second-order valence-corrected chi connectivity index (χ2v) is 9.23. The first-order chi connectivity index (χ1) is 16.9. The van der Waals surface area contributed by atoms with Gasteiger partial charge in [-0.2, -0.15) is 0 Å². The number of anilines is 1. The van der Waals surface area contributed by atoms with Crippen molar-refractivity contribution >= 4 is 38.0 Å². The van der Waals surface area contributed by atoms with Crippen molar-refractivity contribution in [2.24, 2.45) is 10.2 Å². The zero-order chi connectivity index (χ0) is 24.4. The van der Waals surface area contributed by atoms with Gasteiger partial charge in [0, 0.05) is 22.5 Å². The van der Waals surface area contributed by atoms with Crippen LogP contribution in [0.15, 0.2) is 119 Å². The fourth-order valence-electron chi connectivity index (χ4n) is 3.90. The van der Waals surface area contributed by atoms with Crippen LogP contribution in [0.1, 0.15) is 0 Å². The molecule has 0 amide bonds. The molecule has 0 bridgehead atoms. The molecule has 172 valence electrons. The molecule has 0 aliphatic carbocycles. The van der Waals surface area contributed by atoms with E-state index in [2.05, 4.69) is 21.3 Å². The average Bonchev–Trinajstić information content (AvgIpc) is 2.88. The molecule has 0 fully saturated rings. The smallest absolute Gasteiger partial charge is 0.744 e. The monoisotopic (exact) mass is 502 g/mol. The number of azo groups is 1. The minimum atomic E-state index is -4.74. The van der Waals surface area contributed by atoms with Gasteiger partial charge in [-0.3, -0.25) is 4.98 Å². The summed E-state index contributed by atoms with van der Waals surface area (Å²) in [4.78, 5) is 3.89. The van der Waals surface area contributed by atoms with Gasteiger partial charge in [-0.05, 0) is 34.9 Å². The topological polar surface area (TPSA) is 121 Å². The number of rotatable bonds is 5. The third kappa shape index (κ3) is 5.38. The molecule has 5 aromatic rings. The molecular formula is C27H19N4NaO3S. The Balaban J connectivity index is 0.00000304. The molecule has 0 aliphatic heterocycles. The van der Waals surface area contributed by atoms with Crippen molar-refractivity contribution in [3.8, 4) is 22.3 Å². The van der Waals surface area contributed by atoms with Gasteiger partial charge in [0.15, 0.2) is 0 Å². The van der Waals surface area contributed by atoms with Gasteiger partial charge in [0.1, 0.15) is 21.5 Å². The Labute approximate surface area is 230 Å². The Hall–Kier alpha value is -3.40. The number of aromatic nitrogens is 1. The molecule has 36 heavy (non-hydrogen) atoms. The number of nitrogens with zero attached hydrogens (tertiary/aromatic N) is 3.